The number of H-pyrrole nitrogens is 1. The zero-order valence-electron chi connectivity index (χ0n) is 13.4. The molecule has 0 bridgehead atoms. The molecule has 0 aliphatic carbocycles. The number of methoxy groups -OCH3 is 1. The van der Waals surface area contributed by atoms with Crippen LogP contribution in [0.1, 0.15) is 11.3 Å². The van der Waals surface area contributed by atoms with Gasteiger partial charge in [-0.3, -0.25) is 0 Å². The van der Waals surface area contributed by atoms with Crippen LogP contribution in [0.15, 0.2) is 67.0 Å². The fraction of sp³-hybridized carbons (Fsp3) is 0.100. The molecule has 0 saturated heterocycles. The molecule has 24 heavy (non-hydrogen) atoms. The van der Waals surface area contributed by atoms with Crippen LogP contribution in [0, 0.1) is 0 Å². The summed E-state index contributed by atoms with van der Waals surface area (Å²) in [6, 6.07) is 20.5. The van der Waals surface area contributed by atoms with Crippen LogP contribution >= 0.6 is 0 Å². The Bertz CT molecular complexity index is 959. The Morgan fingerprint density at radius 2 is 1.75 bits per heavy atom. The number of aromatic amines is 1. The monoisotopic (exact) mass is 315 g/mol. The Morgan fingerprint density at radius 1 is 0.958 bits per heavy atom. The molecule has 2 aromatic carbocycles. The number of nitrogens with zero attached hydrogens (tertiary/aromatic N) is 2. The Hall–Kier alpha value is -3.14. The fourth-order valence-electron chi connectivity index (χ4n) is 2.85. The molecular weight excluding hydrogens is 298 g/mol. The second kappa shape index (κ2) is 6.16. The van der Waals surface area contributed by atoms with Gasteiger partial charge in [0.1, 0.15) is 17.7 Å². The third kappa shape index (κ3) is 2.74. The van der Waals surface area contributed by atoms with Gasteiger partial charge in [-0.1, -0.05) is 30.3 Å². The highest BCUT2D eigenvalue weighted by molar-refractivity contribution is 5.85. The number of nitrogens with one attached hydrogen (secondary N) is 1. The predicted molar refractivity (Wildman–Crippen MR) is 95.1 cm³/mol. The zero-order chi connectivity index (χ0) is 16.4. The summed E-state index contributed by atoms with van der Waals surface area (Å²) in [4.78, 5) is 12.2. The summed E-state index contributed by atoms with van der Waals surface area (Å²) >= 11 is 0. The quantitative estimate of drug-likeness (QED) is 0.613. The molecule has 0 aliphatic rings. The van der Waals surface area contributed by atoms with E-state index in [4.69, 9.17) is 4.74 Å². The van der Waals surface area contributed by atoms with Gasteiger partial charge in [0.05, 0.1) is 12.8 Å². The Labute approximate surface area is 140 Å². The molecule has 0 aliphatic heterocycles. The molecule has 0 spiro atoms. The number of benzene rings is 2. The Morgan fingerprint density at radius 3 is 2.50 bits per heavy atom. The van der Waals surface area contributed by atoms with Crippen molar-refractivity contribution in [2.45, 2.75) is 6.42 Å². The Kier molecular flexibility index (Phi) is 3.71. The summed E-state index contributed by atoms with van der Waals surface area (Å²) in [5.41, 5.74) is 5.26. The van der Waals surface area contributed by atoms with Crippen LogP contribution in [0.25, 0.3) is 22.3 Å². The molecular formula is C20H17N3O. The van der Waals surface area contributed by atoms with Crippen LogP contribution in [-0.4, -0.2) is 22.1 Å². The number of rotatable bonds is 4. The molecule has 0 amide bonds. The molecule has 4 aromatic rings. The van der Waals surface area contributed by atoms with Gasteiger partial charge in [-0.15, -0.1) is 0 Å². The van der Waals surface area contributed by atoms with Crippen molar-refractivity contribution >= 4 is 11.0 Å². The molecule has 1 N–H and O–H groups in total. The molecule has 0 atom stereocenters. The van der Waals surface area contributed by atoms with Crippen molar-refractivity contribution in [1.29, 1.82) is 0 Å². The average Bonchev–Trinajstić information content (AvgIpc) is 3.08. The molecule has 0 unspecified atom stereocenters. The standard InChI is InChI=1S/C20H17N3O/c1-24-16-9-7-15(8-10-16)18-12-17-19(21-13-22-20(17)23-18)11-14-5-3-2-4-6-14/h2-10,12-13H,11H2,1H3,(H,21,22,23). The molecule has 2 aromatic heterocycles. The van der Waals surface area contributed by atoms with Gasteiger partial charge in [-0.2, -0.15) is 0 Å². The van der Waals surface area contributed by atoms with Gasteiger partial charge in [0.2, 0.25) is 0 Å². The highest BCUT2D eigenvalue weighted by Gasteiger charge is 2.10. The lowest BCUT2D eigenvalue weighted by molar-refractivity contribution is 0.415. The van der Waals surface area contributed by atoms with Crippen LogP contribution in [0.4, 0.5) is 0 Å². The van der Waals surface area contributed by atoms with E-state index in [1.807, 2.05) is 42.5 Å². The van der Waals surface area contributed by atoms with Crippen LogP contribution < -0.4 is 4.74 Å². The van der Waals surface area contributed by atoms with Gasteiger partial charge in [0.15, 0.2) is 0 Å². The van der Waals surface area contributed by atoms with E-state index in [1.54, 1.807) is 13.4 Å². The van der Waals surface area contributed by atoms with Crippen molar-refractivity contribution in [3.05, 3.63) is 78.2 Å². The second-order valence-electron chi connectivity index (χ2n) is 5.66. The van der Waals surface area contributed by atoms with Gasteiger partial charge >= 0.3 is 0 Å². The van der Waals surface area contributed by atoms with E-state index in [0.717, 1.165) is 40.2 Å². The van der Waals surface area contributed by atoms with Crippen molar-refractivity contribution < 1.29 is 4.74 Å². The van der Waals surface area contributed by atoms with Gasteiger partial charge < -0.3 is 9.72 Å². The Balaban J connectivity index is 1.73. The normalized spacial score (nSPS) is 10.9. The molecule has 118 valence electrons. The fourth-order valence-corrected chi connectivity index (χ4v) is 2.85. The minimum Gasteiger partial charge on any atom is -0.497 e. The number of fused-ring (bicyclic) bond motifs is 1. The van der Waals surface area contributed by atoms with Gasteiger partial charge in [0.25, 0.3) is 0 Å². The van der Waals surface area contributed by atoms with Crippen molar-refractivity contribution in [3.8, 4) is 17.0 Å². The summed E-state index contributed by atoms with van der Waals surface area (Å²) in [7, 11) is 1.67. The second-order valence-corrected chi connectivity index (χ2v) is 5.66. The summed E-state index contributed by atoms with van der Waals surface area (Å²) in [5, 5.41) is 1.06. The lowest BCUT2D eigenvalue weighted by Gasteiger charge is -2.01. The SMILES string of the molecule is COc1ccc(-c2cc3c(Cc4ccccc4)ncnc3[nH]2)cc1. The predicted octanol–water partition coefficient (Wildman–Crippen LogP) is 4.22. The lowest BCUT2D eigenvalue weighted by Crippen LogP contribution is -1.93. The van der Waals surface area contributed by atoms with Crippen molar-refractivity contribution in [1.82, 2.24) is 15.0 Å². The van der Waals surface area contributed by atoms with E-state index in [2.05, 4.69) is 33.2 Å². The zero-order valence-corrected chi connectivity index (χ0v) is 13.4. The number of hydrogen-bond acceptors (Lipinski definition) is 3. The molecule has 4 rings (SSSR count). The summed E-state index contributed by atoms with van der Waals surface area (Å²) in [6.45, 7) is 0. The molecule has 0 fully saturated rings. The van der Waals surface area contributed by atoms with Gasteiger partial charge in [-0.25, -0.2) is 9.97 Å². The van der Waals surface area contributed by atoms with Crippen LogP contribution in [0.5, 0.6) is 5.75 Å². The van der Waals surface area contributed by atoms with Crippen LogP contribution in [-0.2, 0) is 6.42 Å². The first-order valence-electron chi connectivity index (χ1n) is 7.84. The van der Waals surface area contributed by atoms with E-state index in [9.17, 15) is 0 Å². The largest absolute Gasteiger partial charge is 0.497 e. The highest BCUT2D eigenvalue weighted by Crippen LogP contribution is 2.27. The smallest absolute Gasteiger partial charge is 0.141 e. The topological polar surface area (TPSA) is 50.8 Å². The first kappa shape index (κ1) is 14.5. The van der Waals surface area contributed by atoms with Gasteiger partial charge in [0, 0.05) is 17.5 Å². The van der Waals surface area contributed by atoms with Crippen molar-refractivity contribution in [3.63, 3.8) is 0 Å². The third-order valence-corrected chi connectivity index (χ3v) is 4.12. The summed E-state index contributed by atoms with van der Waals surface area (Å²) < 4.78 is 5.22. The maximum absolute atomic E-state index is 5.22. The molecule has 4 nitrogen and oxygen atoms in total. The molecule has 2 heterocycles. The maximum Gasteiger partial charge on any atom is 0.141 e. The van der Waals surface area contributed by atoms with E-state index in [0.29, 0.717) is 0 Å². The average molecular weight is 315 g/mol. The van der Waals surface area contributed by atoms with Crippen molar-refractivity contribution in [2.24, 2.45) is 0 Å². The number of ether oxygens (including phenoxy) is 1. The summed E-state index contributed by atoms with van der Waals surface area (Å²) in [6.07, 6.45) is 2.41. The lowest BCUT2D eigenvalue weighted by atomic mass is 10.1. The van der Waals surface area contributed by atoms with E-state index in [-0.39, 0.29) is 0 Å². The minimum atomic E-state index is 0.791. The van der Waals surface area contributed by atoms with E-state index in [1.165, 1.54) is 5.56 Å². The summed E-state index contributed by atoms with van der Waals surface area (Å²) in [5.74, 6) is 0.847. The molecule has 0 radical (unpaired) electrons. The first-order chi connectivity index (χ1) is 11.8. The molecule has 4 heteroatoms. The number of hydrogen-bond donors (Lipinski definition) is 1. The van der Waals surface area contributed by atoms with Crippen molar-refractivity contribution in [2.75, 3.05) is 7.11 Å². The first-order valence-corrected chi connectivity index (χ1v) is 7.84. The van der Waals surface area contributed by atoms with Crippen LogP contribution in [0.2, 0.25) is 0 Å². The third-order valence-electron chi connectivity index (χ3n) is 4.12. The van der Waals surface area contributed by atoms with E-state index < -0.39 is 0 Å². The maximum atomic E-state index is 5.22. The van der Waals surface area contributed by atoms with Gasteiger partial charge in [-0.05, 0) is 41.5 Å². The van der Waals surface area contributed by atoms with Crippen LogP contribution in [0.3, 0.4) is 0 Å². The van der Waals surface area contributed by atoms with E-state index >= 15 is 0 Å². The minimum absolute atomic E-state index is 0.791. The number of aromatic nitrogens is 3. The molecule has 0 saturated carbocycles. The highest BCUT2D eigenvalue weighted by atomic mass is 16.5.